The number of aromatic nitrogens is 7. The van der Waals surface area contributed by atoms with Crippen LogP contribution < -0.4 is 10.9 Å². The predicted molar refractivity (Wildman–Crippen MR) is 155 cm³/mol. The Morgan fingerprint density at radius 1 is 1.15 bits per heavy atom. The smallest absolute Gasteiger partial charge is 0.411 e. The van der Waals surface area contributed by atoms with Crippen molar-refractivity contribution in [1.29, 1.82) is 0 Å². The minimum absolute atomic E-state index is 0.163. The van der Waals surface area contributed by atoms with Crippen LogP contribution in [0, 0.1) is 0 Å². The van der Waals surface area contributed by atoms with Gasteiger partial charge in [0.25, 0.3) is 5.56 Å². The molecule has 1 aliphatic rings. The first-order valence-corrected chi connectivity index (χ1v) is 13.6. The second-order valence-electron chi connectivity index (χ2n) is 9.54. The number of anilines is 1. The van der Waals surface area contributed by atoms with Gasteiger partial charge in [0.2, 0.25) is 0 Å². The van der Waals surface area contributed by atoms with Crippen molar-refractivity contribution in [3.05, 3.63) is 92.5 Å². The molecule has 1 amide bonds. The van der Waals surface area contributed by atoms with Gasteiger partial charge in [-0.3, -0.25) is 10.1 Å². The first-order chi connectivity index (χ1) is 19.9. The summed E-state index contributed by atoms with van der Waals surface area (Å²) in [6, 6.07) is 14.2. The standard InChI is InChI=1S/C28H24Cl2N8O3/c1-3-15-10-18(32-28(40)41-2)5-7-20(15)25-26(30)34-27(33-25)23-9-6-19-11-16(12-24(39)38(19)23)21-13-17(29)4-8-22(21)37-14-31-35-36-37/h4-5,7-8,10-14,23H,3,6,9H2,1-2H3,(H,32,40)(H,33,34). The lowest BCUT2D eigenvalue weighted by Gasteiger charge is -2.15. The second kappa shape index (κ2) is 10.8. The molecule has 0 saturated heterocycles. The van der Waals surface area contributed by atoms with E-state index >= 15 is 0 Å². The van der Waals surface area contributed by atoms with E-state index in [2.05, 4.69) is 30.6 Å². The van der Waals surface area contributed by atoms with Gasteiger partial charge in [0.05, 0.1) is 18.8 Å². The topological polar surface area (TPSA) is 133 Å². The normalized spacial score (nSPS) is 14.2. The van der Waals surface area contributed by atoms with Crippen LogP contribution in [0.4, 0.5) is 10.5 Å². The molecule has 1 unspecified atom stereocenters. The predicted octanol–water partition coefficient (Wildman–Crippen LogP) is 5.46. The number of carbonyl (C=O) groups excluding carboxylic acids is 1. The van der Waals surface area contributed by atoms with Crippen LogP contribution in [0.5, 0.6) is 0 Å². The molecule has 2 N–H and O–H groups in total. The van der Waals surface area contributed by atoms with E-state index in [1.165, 1.54) is 18.1 Å². The second-order valence-corrected chi connectivity index (χ2v) is 10.4. The van der Waals surface area contributed by atoms with Crippen LogP contribution in [-0.4, -0.2) is 47.9 Å². The highest BCUT2D eigenvalue weighted by atomic mass is 35.5. The molecule has 1 aliphatic heterocycles. The van der Waals surface area contributed by atoms with E-state index in [1.54, 1.807) is 28.8 Å². The number of tetrazole rings is 1. The molecule has 0 fully saturated rings. The number of rotatable bonds is 6. The molecule has 208 valence electrons. The Morgan fingerprint density at radius 3 is 2.76 bits per heavy atom. The molecule has 41 heavy (non-hydrogen) atoms. The Labute approximate surface area is 244 Å². The van der Waals surface area contributed by atoms with E-state index in [9.17, 15) is 9.59 Å². The number of benzene rings is 2. The van der Waals surface area contributed by atoms with Gasteiger partial charge in [-0.05, 0) is 77.2 Å². The zero-order valence-corrected chi connectivity index (χ0v) is 23.6. The maximum atomic E-state index is 13.5. The molecular weight excluding hydrogens is 567 g/mol. The largest absolute Gasteiger partial charge is 0.453 e. The van der Waals surface area contributed by atoms with Gasteiger partial charge >= 0.3 is 6.09 Å². The van der Waals surface area contributed by atoms with E-state index in [-0.39, 0.29) is 11.6 Å². The van der Waals surface area contributed by atoms with Gasteiger partial charge in [0.1, 0.15) is 23.0 Å². The van der Waals surface area contributed by atoms with E-state index in [0.717, 1.165) is 27.9 Å². The molecule has 6 rings (SSSR count). The summed E-state index contributed by atoms with van der Waals surface area (Å²) in [5, 5.41) is 15.0. The summed E-state index contributed by atoms with van der Waals surface area (Å²) >= 11 is 13.0. The molecule has 0 spiro atoms. The number of methoxy groups -OCH3 is 1. The fourth-order valence-corrected chi connectivity index (χ4v) is 5.70. The summed E-state index contributed by atoms with van der Waals surface area (Å²) in [7, 11) is 1.31. The van der Waals surface area contributed by atoms with E-state index in [0.29, 0.717) is 52.3 Å². The average molecular weight is 591 g/mol. The Kier molecular flexibility index (Phi) is 7.06. The van der Waals surface area contributed by atoms with Crippen LogP contribution in [0.1, 0.15) is 36.5 Å². The Balaban J connectivity index is 1.36. The zero-order valence-electron chi connectivity index (χ0n) is 22.1. The quantitative estimate of drug-likeness (QED) is 0.268. The van der Waals surface area contributed by atoms with Crippen LogP contribution in [0.3, 0.4) is 0 Å². The lowest BCUT2D eigenvalue weighted by atomic mass is 10.0. The zero-order chi connectivity index (χ0) is 28.7. The third-order valence-corrected chi connectivity index (χ3v) is 7.67. The third kappa shape index (κ3) is 4.98. The fourth-order valence-electron chi connectivity index (χ4n) is 5.29. The SMILES string of the molecule is CCc1cc(NC(=O)OC)ccc1-c1nc(C2CCc3cc(-c4cc(Cl)ccc4-n4cnnn4)cc(=O)n32)[nH]c1Cl. The Morgan fingerprint density at radius 2 is 2.00 bits per heavy atom. The third-order valence-electron chi connectivity index (χ3n) is 7.17. The van der Waals surface area contributed by atoms with Gasteiger partial charge in [0, 0.05) is 33.6 Å². The van der Waals surface area contributed by atoms with Crippen molar-refractivity contribution in [3.8, 4) is 28.1 Å². The number of hydrogen-bond donors (Lipinski definition) is 2. The van der Waals surface area contributed by atoms with Crippen LogP contribution in [-0.2, 0) is 17.6 Å². The van der Waals surface area contributed by atoms with Crippen molar-refractivity contribution >= 4 is 35.0 Å². The van der Waals surface area contributed by atoms with Crippen LogP contribution in [0.2, 0.25) is 10.2 Å². The molecule has 1 atom stereocenters. The number of aryl methyl sites for hydroxylation is 2. The highest BCUT2D eigenvalue weighted by Gasteiger charge is 2.29. The van der Waals surface area contributed by atoms with Crippen molar-refractivity contribution in [2.24, 2.45) is 0 Å². The lowest BCUT2D eigenvalue weighted by molar-refractivity contribution is 0.187. The molecule has 5 aromatic rings. The summed E-state index contributed by atoms with van der Waals surface area (Å²) in [5.41, 5.74) is 5.88. The van der Waals surface area contributed by atoms with E-state index in [4.69, 9.17) is 28.2 Å². The molecule has 13 heteroatoms. The number of amides is 1. The number of nitrogens with one attached hydrogen (secondary N) is 2. The van der Waals surface area contributed by atoms with Gasteiger partial charge in [-0.15, -0.1) is 5.10 Å². The van der Waals surface area contributed by atoms with Crippen molar-refractivity contribution in [2.75, 3.05) is 12.4 Å². The molecule has 2 aromatic carbocycles. The minimum Gasteiger partial charge on any atom is -0.453 e. The van der Waals surface area contributed by atoms with E-state index < -0.39 is 6.09 Å². The number of imidazole rings is 1. The summed E-state index contributed by atoms with van der Waals surface area (Å²) in [6.07, 6.45) is 3.00. The lowest BCUT2D eigenvalue weighted by Crippen LogP contribution is -2.24. The number of fused-ring (bicyclic) bond motifs is 1. The van der Waals surface area contributed by atoms with Crippen LogP contribution in [0.25, 0.3) is 28.1 Å². The number of H-pyrrole nitrogens is 1. The summed E-state index contributed by atoms with van der Waals surface area (Å²) in [4.78, 5) is 33.2. The van der Waals surface area contributed by atoms with Crippen molar-refractivity contribution in [3.63, 3.8) is 0 Å². The van der Waals surface area contributed by atoms with Gasteiger partial charge in [-0.2, -0.15) is 4.68 Å². The van der Waals surface area contributed by atoms with Crippen molar-refractivity contribution in [1.82, 2.24) is 34.7 Å². The molecule has 0 aliphatic carbocycles. The summed E-state index contributed by atoms with van der Waals surface area (Å²) < 4.78 is 7.98. The number of nitrogens with zero attached hydrogens (tertiary/aromatic N) is 6. The molecule has 0 saturated carbocycles. The first kappa shape index (κ1) is 26.7. The number of ether oxygens (including phenoxy) is 1. The summed E-state index contributed by atoms with van der Waals surface area (Å²) in [6.45, 7) is 2.01. The van der Waals surface area contributed by atoms with Gasteiger partial charge in [-0.25, -0.2) is 9.78 Å². The van der Waals surface area contributed by atoms with Gasteiger partial charge < -0.3 is 14.3 Å². The number of carbonyl (C=O) groups is 1. The maximum absolute atomic E-state index is 13.5. The van der Waals surface area contributed by atoms with Crippen LogP contribution >= 0.6 is 23.2 Å². The maximum Gasteiger partial charge on any atom is 0.411 e. The summed E-state index contributed by atoms with van der Waals surface area (Å²) in [5.74, 6) is 0.606. The fraction of sp³-hybridized carbons (Fsp3) is 0.214. The Bertz CT molecular complexity index is 1830. The number of pyridine rings is 1. The van der Waals surface area contributed by atoms with Gasteiger partial charge in [-0.1, -0.05) is 36.2 Å². The number of halogens is 2. The molecule has 0 bridgehead atoms. The van der Waals surface area contributed by atoms with Crippen molar-refractivity contribution in [2.45, 2.75) is 32.2 Å². The Hall–Kier alpha value is -4.48. The number of aromatic amines is 1. The first-order valence-electron chi connectivity index (χ1n) is 12.9. The van der Waals surface area contributed by atoms with Crippen LogP contribution in [0.15, 0.2) is 59.7 Å². The highest BCUT2D eigenvalue weighted by Crippen LogP contribution is 2.37. The highest BCUT2D eigenvalue weighted by molar-refractivity contribution is 6.32. The average Bonchev–Trinajstić information content (AvgIpc) is 3.73. The molecule has 3 aromatic heterocycles. The molecule has 11 nitrogen and oxygen atoms in total. The molecule has 0 radical (unpaired) electrons. The van der Waals surface area contributed by atoms with Gasteiger partial charge in [0.15, 0.2) is 0 Å². The molecule has 4 heterocycles. The van der Waals surface area contributed by atoms with E-state index in [1.807, 2.05) is 31.2 Å². The molecular formula is C28H24Cl2N8O3. The minimum atomic E-state index is -0.546. The monoisotopic (exact) mass is 590 g/mol. The van der Waals surface area contributed by atoms with Crippen molar-refractivity contribution < 1.29 is 9.53 Å². The number of hydrogen-bond acceptors (Lipinski definition) is 7.